The van der Waals surface area contributed by atoms with Crippen molar-refractivity contribution in [1.29, 1.82) is 0 Å². The minimum Gasteiger partial charge on any atom is -0.365 e. The first-order chi connectivity index (χ1) is 13.3. The van der Waals surface area contributed by atoms with E-state index in [4.69, 9.17) is 0 Å². The van der Waals surface area contributed by atoms with Crippen LogP contribution >= 0.6 is 11.3 Å². The Balaban J connectivity index is 1.55. The Kier molecular flexibility index (Phi) is 4.73. The van der Waals surface area contributed by atoms with E-state index in [1.807, 2.05) is 31.5 Å². The highest BCUT2D eigenvalue weighted by molar-refractivity contribution is 7.11. The second-order valence-corrected chi connectivity index (χ2v) is 8.36. The summed E-state index contributed by atoms with van der Waals surface area (Å²) in [5.74, 6) is -0.118. The maximum absolute atomic E-state index is 12.8. The monoisotopic (exact) mass is 410 g/mol. The van der Waals surface area contributed by atoms with Crippen LogP contribution in [0.2, 0.25) is 0 Å². The summed E-state index contributed by atoms with van der Waals surface area (Å²) in [7, 11) is 0. The van der Waals surface area contributed by atoms with Gasteiger partial charge in [-0.05, 0) is 50.2 Å². The number of fused-ring (bicyclic) bond motifs is 1. The largest absolute Gasteiger partial charge is 0.390 e. The van der Waals surface area contributed by atoms with E-state index in [0.717, 1.165) is 24.0 Å². The number of rotatable bonds is 6. The van der Waals surface area contributed by atoms with Crippen molar-refractivity contribution in [3.8, 4) is 0 Å². The number of nitrogens with one attached hydrogen (secondary N) is 2. The summed E-state index contributed by atoms with van der Waals surface area (Å²) in [6, 6.07) is 0. The first-order valence-corrected chi connectivity index (χ1v) is 10.1. The Morgan fingerprint density at radius 2 is 2.04 bits per heavy atom. The molecule has 28 heavy (non-hydrogen) atoms. The van der Waals surface area contributed by atoms with Crippen molar-refractivity contribution in [2.24, 2.45) is 5.92 Å². The number of aromatic nitrogens is 1. The van der Waals surface area contributed by atoms with Crippen molar-refractivity contribution in [2.75, 3.05) is 13.1 Å². The van der Waals surface area contributed by atoms with Gasteiger partial charge in [0.05, 0.1) is 6.42 Å². The number of hydrogen-bond donors (Lipinski definition) is 2. The minimum absolute atomic E-state index is 0.208. The Morgan fingerprint density at radius 3 is 2.71 bits per heavy atom. The zero-order valence-corrected chi connectivity index (χ0v) is 16.2. The predicted octanol–water partition coefficient (Wildman–Crippen LogP) is 3.65. The maximum atomic E-state index is 12.8. The molecule has 0 bridgehead atoms. The summed E-state index contributed by atoms with van der Waals surface area (Å²) < 4.78 is 38.0. The van der Waals surface area contributed by atoms with Crippen LogP contribution in [0, 0.1) is 5.92 Å². The van der Waals surface area contributed by atoms with Crippen LogP contribution in [-0.4, -0.2) is 40.7 Å². The summed E-state index contributed by atoms with van der Waals surface area (Å²) in [5.41, 5.74) is 1.69. The van der Waals surface area contributed by atoms with Gasteiger partial charge in [0.25, 0.3) is 5.91 Å². The molecule has 1 aliphatic carbocycles. The van der Waals surface area contributed by atoms with E-state index in [9.17, 15) is 18.0 Å². The summed E-state index contributed by atoms with van der Waals surface area (Å²) in [4.78, 5) is 18.6. The fourth-order valence-corrected chi connectivity index (χ4v) is 4.22. The van der Waals surface area contributed by atoms with E-state index in [-0.39, 0.29) is 12.2 Å². The van der Waals surface area contributed by atoms with Crippen molar-refractivity contribution in [3.05, 3.63) is 46.2 Å². The molecule has 4 rings (SSSR count). The third-order valence-corrected chi connectivity index (χ3v) is 6.03. The molecule has 1 amide bonds. The number of hydrogen-bond acceptors (Lipinski definition) is 5. The van der Waals surface area contributed by atoms with E-state index in [1.54, 1.807) is 5.38 Å². The molecule has 5 nitrogen and oxygen atoms in total. The smallest absolute Gasteiger partial charge is 0.365 e. The molecule has 3 aliphatic rings. The third kappa shape index (κ3) is 3.94. The van der Waals surface area contributed by atoms with Gasteiger partial charge in [-0.3, -0.25) is 4.79 Å². The molecular weight excluding hydrogens is 389 g/mol. The van der Waals surface area contributed by atoms with Crippen LogP contribution in [0.15, 0.2) is 35.5 Å². The quantitative estimate of drug-likeness (QED) is 0.752. The number of alkyl halides is 3. The van der Waals surface area contributed by atoms with E-state index in [1.165, 1.54) is 16.2 Å². The lowest BCUT2D eigenvalue weighted by Gasteiger charge is -2.31. The van der Waals surface area contributed by atoms with E-state index in [0.29, 0.717) is 17.5 Å². The first-order valence-electron chi connectivity index (χ1n) is 9.20. The Hall–Kier alpha value is -2.29. The molecule has 1 unspecified atom stereocenters. The fourth-order valence-electron chi connectivity index (χ4n) is 3.39. The molecule has 1 atom stereocenters. The average molecular weight is 410 g/mol. The number of nitrogens with zero attached hydrogens (tertiary/aromatic N) is 2. The molecule has 3 heterocycles. The van der Waals surface area contributed by atoms with Crippen LogP contribution in [-0.2, 0) is 0 Å². The molecule has 2 N–H and O–H groups in total. The van der Waals surface area contributed by atoms with Crippen LogP contribution in [0.3, 0.4) is 0 Å². The van der Waals surface area contributed by atoms with Crippen LogP contribution in [0.5, 0.6) is 0 Å². The van der Waals surface area contributed by atoms with Gasteiger partial charge >= 0.3 is 6.18 Å². The summed E-state index contributed by atoms with van der Waals surface area (Å²) in [5, 5.41) is 8.80. The normalized spacial score (nSPS) is 23.4. The van der Waals surface area contributed by atoms with Crippen LogP contribution < -0.4 is 10.6 Å². The Labute approximate surface area is 165 Å². The first kappa shape index (κ1) is 19.0. The minimum atomic E-state index is -4.28. The molecule has 1 fully saturated rings. The molecule has 2 aliphatic heterocycles. The molecule has 1 saturated carbocycles. The SMILES string of the molecule is CC12NC=CC(c3nc(C(=O)N(CCC(F)(F)F)CC4CC4)cs3)=C1C=CN2. The van der Waals surface area contributed by atoms with Crippen molar-refractivity contribution in [1.82, 2.24) is 20.5 Å². The molecule has 0 aromatic carbocycles. The third-order valence-electron chi connectivity index (χ3n) is 5.15. The molecule has 0 saturated heterocycles. The summed E-state index contributed by atoms with van der Waals surface area (Å²) in [6.07, 6.45) is 4.17. The molecule has 9 heteroatoms. The molecule has 150 valence electrons. The molecule has 1 aromatic heterocycles. The Bertz CT molecular complexity index is 869. The lowest BCUT2D eigenvalue weighted by molar-refractivity contribution is -0.136. The lowest BCUT2D eigenvalue weighted by atomic mass is 9.95. The van der Waals surface area contributed by atoms with Crippen molar-refractivity contribution >= 4 is 22.8 Å². The van der Waals surface area contributed by atoms with Crippen molar-refractivity contribution in [3.63, 3.8) is 0 Å². The molecule has 0 radical (unpaired) electrons. The van der Waals surface area contributed by atoms with Crippen LogP contribution in [0.1, 0.15) is 41.7 Å². The van der Waals surface area contributed by atoms with Gasteiger partial charge in [-0.15, -0.1) is 11.3 Å². The fraction of sp³-hybridized carbons (Fsp3) is 0.474. The van der Waals surface area contributed by atoms with Gasteiger partial charge in [-0.1, -0.05) is 0 Å². The number of allylic oxidation sites excluding steroid dienone is 2. The number of halogens is 3. The number of thiazole rings is 1. The highest BCUT2D eigenvalue weighted by atomic mass is 32.1. The van der Waals surface area contributed by atoms with Gasteiger partial charge < -0.3 is 15.5 Å². The second kappa shape index (κ2) is 6.95. The van der Waals surface area contributed by atoms with Crippen LogP contribution in [0.25, 0.3) is 5.57 Å². The molecule has 1 aromatic rings. The van der Waals surface area contributed by atoms with E-state index in [2.05, 4.69) is 15.6 Å². The summed E-state index contributed by atoms with van der Waals surface area (Å²) in [6.45, 7) is 2.04. The lowest BCUT2D eigenvalue weighted by Crippen LogP contribution is -2.49. The average Bonchev–Trinajstić information content (AvgIpc) is 3.15. The highest BCUT2D eigenvalue weighted by Crippen LogP contribution is 2.35. The van der Waals surface area contributed by atoms with Gasteiger partial charge in [0.15, 0.2) is 0 Å². The zero-order chi connectivity index (χ0) is 19.9. The number of amides is 1. The van der Waals surface area contributed by atoms with E-state index < -0.39 is 24.2 Å². The van der Waals surface area contributed by atoms with E-state index >= 15 is 0 Å². The predicted molar refractivity (Wildman–Crippen MR) is 101 cm³/mol. The molecule has 0 spiro atoms. The van der Waals surface area contributed by atoms with Crippen molar-refractivity contribution < 1.29 is 18.0 Å². The van der Waals surface area contributed by atoms with Crippen molar-refractivity contribution in [2.45, 2.75) is 38.0 Å². The number of carbonyl (C=O) groups is 1. The van der Waals surface area contributed by atoms with Gasteiger partial charge in [-0.25, -0.2) is 4.98 Å². The second-order valence-electron chi connectivity index (χ2n) is 7.51. The van der Waals surface area contributed by atoms with Crippen LogP contribution in [0.4, 0.5) is 13.2 Å². The van der Waals surface area contributed by atoms with Gasteiger partial charge in [0.2, 0.25) is 0 Å². The topological polar surface area (TPSA) is 57.3 Å². The zero-order valence-electron chi connectivity index (χ0n) is 15.3. The summed E-state index contributed by atoms with van der Waals surface area (Å²) >= 11 is 1.33. The Morgan fingerprint density at radius 1 is 1.32 bits per heavy atom. The standard InChI is InChI=1S/C19H21F3N4OS/c1-18-14(5-8-24-18)13(4-7-23-18)16-25-15(11-28-16)17(27)26(10-12-2-3-12)9-6-19(20,21)22/h4-5,7-8,11-12,23-24H,2-3,6,9-10H2,1H3. The maximum Gasteiger partial charge on any atom is 0.390 e. The van der Waals surface area contributed by atoms with Gasteiger partial charge in [0, 0.05) is 29.6 Å². The van der Waals surface area contributed by atoms with Gasteiger partial charge in [0.1, 0.15) is 16.4 Å². The number of dihydropyridines is 1. The highest BCUT2D eigenvalue weighted by Gasteiger charge is 2.35. The molecular formula is C19H21F3N4OS. The van der Waals surface area contributed by atoms with Gasteiger partial charge in [-0.2, -0.15) is 13.2 Å². The number of carbonyl (C=O) groups excluding carboxylic acids is 1.